The van der Waals surface area contributed by atoms with Crippen LogP contribution in [0.25, 0.3) is 10.9 Å². The number of rotatable bonds is 2. The van der Waals surface area contributed by atoms with Crippen LogP contribution in [0, 0.1) is 18.7 Å². The molecule has 0 aliphatic carbocycles. The van der Waals surface area contributed by atoms with E-state index in [1.165, 1.54) is 6.07 Å². The smallest absolute Gasteiger partial charge is 0.123 e. The van der Waals surface area contributed by atoms with Gasteiger partial charge in [-0.25, -0.2) is 4.39 Å². The number of benzene rings is 1. The van der Waals surface area contributed by atoms with Crippen molar-refractivity contribution in [1.82, 2.24) is 4.98 Å². The molecule has 1 unspecified atom stereocenters. The molecule has 1 aromatic carbocycles. The summed E-state index contributed by atoms with van der Waals surface area (Å²) in [5, 5.41) is 0.973. The van der Waals surface area contributed by atoms with Gasteiger partial charge in [-0.05, 0) is 36.1 Å². The Morgan fingerprint density at radius 3 is 3.00 bits per heavy atom. The van der Waals surface area contributed by atoms with Crippen molar-refractivity contribution in [2.45, 2.75) is 13.3 Å². The lowest BCUT2D eigenvalue weighted by Crippen LogP contribution is -1.92. The van der Waals surface area contributed by atoms with Crippen LogP contribution in [-0.4, -0.2) is 4.98 Å². The fourth-order valence-corrected chi connectivity index (χ4v) is 1.69. The van der Waals surface area contributed by atoms with Gasteiger partial charge in [0.25, 0.3) is 0 Å². The Kier molecular flexibility index (Phi) is 2.28. The van der Waals surface area contributed by atoms with Crippen LogP contribution in [-0.2, 0) is 6.42 Å². The second-order valence-electron chi connectivity index (χ2n) is 3.81. The highest BCUT2D eigenvalue weighted by Gasteiger charge is 2.06. The molecule has 2 rings (SSSR count). The highest BCUT2D eigenvalue weighted by atomic mass is 19.1. The Bertz CT molecular complexity index is 443. The maximum absolute atomic E-state index is 13.0. The molecule has 0 aliphatic heterocycles. The lowest BCUT2D eigenvalue weighted by atomic mass is 10.0. The SMILES string of the molecule is [CH2]C(C)Cc1c[nH]c2ccc(F)cc12. The van der Waals surface area contributed by atoms with Crippen LogP contribution in [0.3, 0.4) is 0 Å². The van der Waals surface area contributed by atoms with Gasteiger partial charge >= 0.3 is 0 Å². The average Bonchev–Trinajstić information content (AvgIpc) is 2.47. The third-order valence-electron chi connectivity index (χ3n) is 2.30. The van der Waals surface area contributed by atoms with Gasteiger partial charge < -0.3 is 4.98 Å². The third-order valence-corrected chi connectivity index (χ3v) is 2.30. The topological polar surface area (TPSA) is 15.8 Å². The summed E-state index contributed by atoms with van der Waals surface area (Å²) in [5.74, 6) is 0.160. The quantitative estimate of drug-likeness (QED) is 0.747. The van der Waals surface area contributed by atoms with Gasteiger partial charge in [-0.3, -0.25) is 0 Å². The first-order chi connectivity index (χ1) is 6.66. The van der Waals surface area contributed by atoms with Gasteiger partial charge in [0, 0.05) is 17.1 Å². The van der Waals surface area contributed by atoms with E-state index in [0.29, 0.717) is 5.92 Å². The molecule has 1 heterocycles. The summed E-state index contributed by atoms with van der Waals surface area (Å²) in [6.45, 7) is 5.99. The van der Waals surface area contributed by atoms with E-state index in [4.69, 9.17) is 0 Å². The molecule has 2 aromatic rings. The Balaban J connectivity index is 2.50. The van der Waals surface area contributed by atoms with Gasteiger partial charge in [0.15, 0.2) is 0 Å². The van der Waals surface area contributed by atoms with E-state index in [0.717, 1.165) is 22.9 Å². The first-order valence-corrected chi connectivity index (χ1v) is 4.75. The molecule has 0 saturated heterocycles. The summed E-state index contributed by atoms with van der Waals surface area (Å²) in [7, 11) is 0. The maximum atomic E-state index is 13.0. The van der Waals surface area contributed by atoms with Gasteiger partial charge in [0.05, 0.1) is 0 Å². The molecule has 0 saturated carbocycles. The molecular formula is C12H13FN. The summed E-state index contributed by atoms with van der Waals surface area (Å²) < 4.78 is 13.0. The molecule has 0 spiro atoms. The highest BCUT2D eigenvalue weighted by molar-refractivity contribution is 5.83. The molecule has 0 bridgehead atoms. The second-order valence-corrected chi connectivity index (χ2v) is 3.81. The molecule has 1 nitrogen and oxygen atoms in total. The molecule has 0 amide bonds. The average molecular weight is 190 g/mol. The van der Waals surface area contributed by atoms with E-state index in [9.17, 15) is 4.39 Å². The second kappa shape index (κ2) is 3.45. The molecule has 0 fully saturated rings. The van der Waals surface area contributed by atoms with Crippen molar-refractivity contribution in [3.05, 3.63) is 42.7 Å². The molecular weight excluding hydrogens is 177 g/mol. The van der Waals surface area contributed by atoms with Crippen LogP contribution >= 0.6 is 0 Å². The molecule has 1 atom stereocenters. The number of aromatic amines is 1. The van der Waals surface area contributed by atoms with Gasteiger partial charge in [0.1, 0.15) is 5.82 Å². The van der Waals surface area contributed by atoms with E-state index in [-0.39, 0.29) is 5.82 Å². The summed E-state index contributed by atoms with van der Waals surface area (Å²) in [6, 6.07) is 4.81. The molecule has 0 aliphatic rings. The van der Waals surface area contributed by atoms with Crippen molar-refractivity contribution >= 4 is 10.9 Å². The number of fused-ring (bicyclic) bond motifs is 1. The van der Waals surface area contributed by atoms with Crippen molar-refractivity contribution in [2.75, 3.05) is 0 Å². The van der Waals surface area contributed by atoms with E-state index in [2.05, 4.69) is 18.8 Å². The molecule has 14 heavy (non-hydrogen) atoms. The maximum Gasteiger partial charge on any atom is 0.123 e. The molecule has 2 heteroatoms. The van der Waals surface area contributed by atoms with E-state index < -0.39 is 0 Å². The summed E-state index contributed by atoms with van der Waals surface area (Å²) >= 11 is 0. The van der Waals surface area contributed by atoms with Gasteiger partial charge in [-0.15, -0.1) is 0 Å². The first-order valence-electron chi connectivity index (χ1n) is 4.75. The van der Waals surface area contributed by atoms with E-state index in [1.807, 2.05) is 6.20 Å². The number of aromatic nitrogens is 1. The largest absolute Gasteiger partial charge is 0.361 e. The van der Waals surface area contributed by atoms with Gasteiger partial charge in [-0.1, -0.05) is 13.8 Å². The van der Waals surface area contributed by atoms with Crippen LogP contribution in [0.15, 0.2) is 24.4 Å². The molecule has 1 aromatic heterocycles. The standard InChI is InChI=1S/C12H13FN/c1-8(2)5-9-7-14-12-4-3-10(13)6-11(9)12/h3-4,6-8,14H,1,5H2,2H3. The van der Waals surface area contributed by atoms with Crippen LogP contribution in [0.5, 0.6) is 0 Å². The van der Waals surface area contributed by atoms with Crippen LogP contribution in [0.1, 0.15) is 12.5 Å². The number of nitrogens with one attached hydrogen (secondary N) is 1. The molecule has 1 radical (unpaired) electrons. The summed E-state index contributed by atoms with van der Waals surface area (Å²) in [5.41, 5.74) is 2.13. The van der Waals surface area contributed by atoms with Crippen LogP contribution in [0.2, 0.25) is 0 Å². The minimum absolute atomic E-state index is 0.185. The van der Waals surface area contributed by atoms with Crippen molar-refractivity contribution < 1.29 is 4.39 Å². The monoisotopic (exact) mass is 190 g/mol. The van der Waals surface area contributed by atoms with Gasteiger partial charge in [0.2, 0.25) is 0 Å². The minimum atomic E-state index is -0.185. The van der Waals surface area contributed by atoms with Crippen molar-refractivity contribution in [2.24, 2.45) is 5.92 Å². The zero-order valence-electron chi connectivity index (χ0n) is 8.18. The lowest BCUT2D eigenvalue weighted by Gasteiger charge is -2.02. The number of hydrogen-bond donors (Lipinski definition) is 1. The zero-order valence-corrected chi connectivity index (χ0v) is 8.18. The number of hydrogen-bond acceptors (Lipinski definition) is 0. The van der Waals surface area contributed by atoms with Crippen LogP contribution in [0.4, 0.5) is 4.39 Å². The van der Waals surface area contributed by atoms with E-state index >= 15 is 0 Å². The number of halogens is 1. The predicted molar refractivity (Wildman–Crippen MR) is 56.5 cm³/mol. The fraction of sp³-hybridized carbons (Fsp3) is 0.250. The zero-order chi connectivity index (χ0) is 10.1. The Hall–Kier alpha value is -1.31. The molecule has 1 N–H and O–H groups in total. The summed E-state index contributed by atoms with van der Waals surface area (Å²) in [6.07, 6.45) is 2.81. The van der Waals surface area contributed by atoms with Crippen molar-refractivity contribution in [1.29, 1.82) is 0 Å². The Morgan fingerprint density at radius 1 is 1.50 bits per heavy atom. The van der Waals surface area contributed by atoms with Crippen molar-refractivity contribution in [3.63, 3.8) is 0 Å². The van der Waals surface area contributed by atoms with Gasteiger partial charge in [-0.2, -0.15) is 0 Å². The van der Waals surface area contributed by atoms with Crippen LogP contribution < -0.4 is 0 Å². The first kappa shape index (κ1) is 9.25. The van der Waals surface area contributed by atoms with E-state index in [1.54, 1.807) is 12.1 Å². The predicted octanol–water partition coefficient (Wildman–Crippen LogP) is 3.32. The fourth-order valence-electron chi connectivity index (χ4n) is 1.69. The number of H-pyrrole nitrogens is 1. The highest BCUT2D eigenvalue weighted by Crippen LogP contribution is 2.21. The minimum Gasteiger partial charge on any atom is -0.361 e. The lowest BCUT2D eigenvalue weighted by molar-refractivity contribution is 0.629. The summed E-state index contributed by atoms with van der Waals surface area (Å²) in [4.78, 5) is 3.13. The third kappa shape index (κ3) is 1.65. The normalized spacial score (nSPS) is 11.4. The van der Waals surface area contributed by atoms with Crippen molar-refractivity contribution in [3.8, 4) is 0 Å². The molecule has 73 valence electrons. The Morgan fingerprint density at radius 2 is 2.29 bits per heavy atom. The Labute approximate surface area is 82.9 Å².